The molecule has 0 saturated carbocycles. The van der Waals surface area contributed by atoms with Gasteiger partial charge in [0.1, 0.15) is 5.75 Å². The number of nitrogens with one attached hydrogen (secondary N) is 1. The topological polar surface area (TPSA) is 41.5 Å². The first-order valence-corrected chi connectivity index (χ1v) is 6.33. The van der Waals surface area contributed by atoms with Gasteiger partial charge in [-0.2, -0.15) is 0 Å². The Labute approximate surface area is 103 Å². The Kier molecular flexibility index (Phi) is 4.40. The molecule has 1 aromatic rings. The van der Waals surface area contributed by atoms with E-state index in [0.29, 0.717) is 17.7 Å². The number of hydrogen-bond donors (Lipinski definition) is 2. The SMILES string of the molecule is CC(Cc1ccc(O)cc1)NCC1CCOC1. The van der Waals surface area contributed by atoms with Gasteiger partial charge in [-0.1, -0.05) is 12.1 Å². The Balaban J connectivity index is 1.72. The van der Waals surface area contributed by atoms with E-state index in [1.807, 2.05) is 12.1 Å². The van der Waals surface area contributed by atoms with Gasteiger partial charge in [-0.15, -0.1) is 0 Å². The van der Waals surface area contributed by atoms with E-state index in [1.165, 1.54) is 12.0 Å². The van der Waals surface area contributed by atoms with Gasteiger partial charge in [0.2, 0.25) is 0 Å². The van der Waals surface area contributed by atoms with Crippen LogP contribution in [0.15, 0.2) is 24.3 Å². The number of phenolic OH excluding ortho intramolecular Hbond substituents is 1. The van der Waals surface area contributed by atoms with E-state index in [2.05, 4.69) is 12.2 Å². The highest BCUT2D eigenvalue weighted by Crippen LogP contribution is 2.13. The minimum Gasteiger partial charge on any atom is -0.508 e. The summed E-state index contributed by atoms with van der Waals surface area (Å²) in [5.41, 5.74) is 1.26. The highest BCUT2D eigenvalue weighted by Gasteiger charge is 2.16. The molecule has 1 aliphatic heterocycles. The van der Waals surface area contributed by atoms with Crippen molar-refractivity contribution in [1.82, 2.24) is 5.32 Å². The lowest BCUT2D eigenvalue weighted by molar-refractivity contribution is 0.184. The van der Waals surface area contributed by atoms with Crippen molar-refractivity contribution in [2.45, 2.75) is 25.8 Å². The summed E-state index contributed by atoms with van der Waals surface area (Å²) in [7, 11) is 0. The number of hydrogen-bond acceptors (Lipinski definition) is 3. The molecule has 0 aromatic heterocycles. The molecule has 2 unspecified atom stereocenters. The van der Waals surface area contributed by atoms with Gasteiger partial charge in [-0.05, 0) is 43.4 Å². The smallest absolute Gasteiger partial charge is 0.115 e. The van der Waals surface area contributed by atoms with E-state index in [9.17, 15) is 5.11 Å². The molecule has 94 valence electrons. The van der Waals surface area contributed by atoms with Crippen LogP contribution in [0.4, 0.5) is 0 Å². The molecule has 0 radical (unpaired) electrons. The molecule has 0 aliphatic carbocycles. The number of aromatic hydroxyl groups is 1. The second-order valence-corrected chi connectivity index (χ2v) is 4.91. The van der Waals surface area contributed by atoms with Crippen LogP contribution in [0.3, 0.4) is 0 Å². The fourth-order valence-corrected chi connectivity index (χ4v) is 2.17. The summed E-state index contributed by atoms with van der Waals surface area (Å²) in [4.78, 5) is 0. The van der Waals surface area contributed by atoms with Crippen LogP contribution in [0.1, 0.15) is 18.9 Å². The third-order valence-corrected chi connectivity index (χ3v) is 3.26. The third-order valence-electron chi connectivity index (χ3n) is 3.26. The largest absolute Gasteiger partial charge is 0.508 e. The first kappa shape index (κ1) is 12.4. The zero-order valence-electron chi connectivity index (χ0n) is 10.4. The maximum atomic E-state index is 9.21. The highest BCUT2D eigenvalue weighted by atomic mass is 16.5. The first-order chi connectivity index (χ1) is 8.24. The van der Waals surface area contributed by atoms with Crippen molar-refractivity contribution < 1.29 is 9.84 Å². The molecule has 0 spiro atoms. The average molecular weight is 235 g/mol. The summed E-state index contributed by atoms with van der Waals surface area (Å²) < 4.78 is 5.35. The van der Waals surface area contributed by atoms with Crippen molar-refractivity contribution in [2.75, 3.05) is 19.8 Å². The van der Waals surface area contributed by atoms with Crippen LogP contribution in [0.25, 0.3) is 0 Å². The fourth-order valence-electron chi connectivity index (χ4n) is 2.17. The lowest BCUT2D eigenvalue weighted by atomic mass is 10.1. The molecular weight excluding hydrogens is 214 g/mol. The molecule has 2 rings (SSSR count). The molecule has 2 atom stereocenters. The quantitative estimate of drug-likeness (QED) is 0.819. The Morgan fingerprint density at radius 2 is 2.18 bits per heavy atom. The van der Waals surface area contributed by atoms with Crippen LogP contribution in [0.5, 0.6) is 5.75 Å². The van der Waals surface area contributed by atoms with E-state index in [1.54, 1.807) is 12.1 Å². The van der Waals surface area contributed by atoms with Gasteiger partial charge >= 0.3 is 0 Å². The molecule has 1 saturated heterocycles. The molecule has 0 amide bonds. The number of rotatable bonds is 5. The van der Waals surface area contributed by atoms with Gasteiger partial charge in [-0.25, -0.2) is 0 Å². The summed E-state index contributed by atoms with van der Waals surface area (Å²) in [5, 5.41) is 12.8. The molecule has 17 heavy (non-hydrogen) atoms. The molecule has 2 N–H and O–H groups in total. The van der Waals surface area contributed by atoms with Crippen LogP contribution in [-0.2, 0) is 11.2 Å². The number of phenols is 1. The van der Waals surface area contributed by atoms with Gasteiger partial charge in [0.25, 0.3) is 0 Å². The van der Waals surface area contributed by atoms with Crippen molar-refractivity contribution >= 4 is 0 Å². The lowest BCUT2D eigenvalue weighted by Crippen LogP contribution is -2.32. The monoisotopic (exact) mass is 235 g/mol. The van der Waals surface area contributed by atoms with Crippen molar-refractivity contribution in [2.24, 2.45) is 5.92 Å². The predicted octanol–water partition coefficient (Wildman–Crippen LogP) is 1.95. The first-order valence-electron chi connectivity index (χ1n) is 6.33. The minimum atomic E-state index is 0.331. The van der Waals surface area contributed by atoms with Crippen LogP contribution in [-0.4, -0.2) is 30.9 Å². The van der Waals surface area contributed by atoms with Crippen molar-refractivity contribution in [3.05, 3.63) is 29.8 Å². The molecule has 1 fully saturated rings. The molecule has 1 aromatic carbocycles. The van der Waals surface area contributed by atoms with E-state index in [-0.39, 0.29) is 0 Å². The standard InChI is InChI=1S/C14H21NO2/c1-11(15-9-13-6-7-17-10-13)8-12-2-4-14(16)5-3-12/h2-5,11,13,15-16H,6-10H2,1H3. The summed E-state index contributed by atoms with van der Waals surface area (Å²) in [6, 6.07) is 7.90. The van der Waals surface area contributed by atoms with Gasteiger partial charge in [0.15, 0.2) is 0 Å². The minimum absolute atomic E-state index is 0.331. The van der Waals surface area contributed by atoms with Crippen LogP contribution in [0, 0.1) is 5.92 Å². The maximum Gasteiger partial charge on any atom is 0.115 e. The zero-order valence-corrected chi connectivity index (χ0v) is 10.4. The Morgan fingerprint density at radius 3 is 2.82 bits per heavy atom. The van der Waals surface area contributed by atoms with Gasteiger partial charge in [0.05, 0.1) is 6.61 Å². The second kappa shape index (κ2) is 6.03. The fraction of sp³-hybridized carbons (Fsp3) is 0.571. The molecule has 1 aliphatic rings. The molecule has 0 bridgehead atoms. The summed E-state index contributed by atoms with van der Waals surface area (Å²) >= 11 is 0. The summed E-state index contributed by atoms with van der Waals surface area (Å²) in [5.74, 6) is 1.01. The second-order valence-electron chi connectivity index (χ2n) is 4.91. The Morgan fingerprint density at radius 1 is 1.41 bits per heavy atom. The van der Waals surface area contributed by atoms with Crippen molar-refractivity contribution in [3.8, 4) is 5.75 Å². The van der Waals surface area contributed by atoms with Crippen LogP contribution >= 0.6 is 0 Å². The Bertz CT molecular complexity index is 331. The molecule has 1 heterocycles. The number of benzene rings is 1. The summed E-state index contributed by atoms with van der Waals surface area (Å²) in [6.07, 6.45) is 2.17. The van der Waals surface area contributed by atoms with E-state index in [0.717, 1.165) is 26.2 Å². The summed E-state index contributed by atoms with van der Waals surface area (Å²) in [6.45, 7) is 5.06. The molecular formula is C14H21NO2. The van der Waals surface area contributed by atoms with Gasteiger partial charge in [-0.3, -0.25) is 0 Å². The lowest BCUT2D eigenvalue weighted by Gasteiger charge is -2.16. The third kappa shape index (κ3) is 4.02. The zero-order chi connectivity index (χ0) is 12.1. The Hall–Kier alpha value is -1.06. The van der Waals surface area contributed by atoms with E-state index in [4.69, 9.17) is 4.74 Å². The molecule has 3 nitrogen and oxygen atoms in total. The van der Waals surface area contributed by atoms with Crippen molar-refractivity contribution in [3.63, 3.8) is 0 Å². The van der Waals surface area contributed by atoms with Crippen LogP contribution < -0.4 is 5.32 Å². The normalized spacial score (nSPS) is 21.6. The van der Waals surface area contributed by atoms with Crippen LogP contribution in [0.2, 0.25) is 0 Å². The van der Waals surface area contributed by atoms with E-state index >= 15 is 0 Å². The highest BCUT2D eigenvalue weighted by molar-refractivity contribution is 5.26. The van der Waals surface area contributed by atoms with E-state index < -0.39 is 0 Å². The van der Waals surface area contributed by atoms with Crippen molar-refractivity contribution in [1.29, 1.82) is 0 Å². The predicted molar refractivity (Wildman–Crippen MR) is 68.2 cm³/mol. The maximum absolute atomic E-state index is 9.21. The molecule has 3 heteroatoms. The average Bonchev–Trinajstić information content (AvgIpc) is 2.83. The number of ether oxygens (including phenoxy) is 1. The van der Waals surface area contributed by atoms with Gasteiger partial charge in [0, 0.05) is 19.2 Å². The van der Waals surface area contributed by atoms with Gasteiger partial charge < -0.3 is 15.2 Å².